The molecule has 0 spiro atoms. The van der Waals surface area contributed by atoms with Crippen LogP contribution in [0.4, 0.5) is 15.9 Å². The fraction of sp³-hybridized carbons (Fsp3) is 0.217. The summed E-state index contributed by atoms with van der Waals surface area (Å²) in [5.74, 6) is -0.352. The van der Waals surface area contributed by atoms with Gasteiger partial charge in [0.25, 0.3) is 10.0 Å². The molecule has 0 unspecified atom stereocenters. The van der Waals surface area contributed by atoms with E-state index in [4.69, 9.17) is 5.73 Å². The van der Waals surface area contributed by atoms with Gasteiger partial charge in [-0.3, -0.25) is 4.72 Å². The molecule has 3 N–H and O–H groups in total. The van der Waals surface area contributed by atoms with Gasteiger partial charge in [0, 0.05) is 17.8 Å². The number of fused-ring (bicyclic) bond motifs is 1. The standard InChI is InChI=1S/C23H22FN5O2S/c24-19-12-15(10-11-20(19)28-32(30,31)17-8-2-1-3-9-17)18-13-29(16-6-4-5-7-16)23-21(18)22(25)26-14-27-23/h1-3,8-14,16,28H,4-7H2,(H2,25,26,27). The van der Waals surface area contributed by atoms with Gasteiger partial charge in [-0.1, -0.05) is 37.1 Å². The fourth-order valence-electron chi connectivity index (χ4n) is 4.36. The van der Waals surface area contributed by atoms with E-state index in [-0.39, 0.29) is 10.6 Å². The molecule has 1 aliphatic carbocycles. The highest BCUT2D eigenvalue weighted by atomic mass is 32.2. The summed E-state index contributed by atoms with van der Waals surface area (Å²) in [5.41, 5.74) is 8.08. The second-order valence-corrected chi connectivity index (χ2v) is 9.64. The molecule has 0 bridgehead atoms. The highest BCUT2D eigenvalue weighted by Gasteiger charge is 2.23. The maximum atomic E-state index is 15.0. The minimum Gasteiger partial charge on any atom is -0.383 e. The van der Waals surface area contributed by atoms with Crippen molar-refractivity contribution >= 4 is 32.6 Å². The first-order valence-electron chi connectivity index (χ1n) is 10.4. The number of aromatic nitrogens is 3. The van der Waals surface area contributed by atoms with Crippen molar-refractivity contribution in [3.05, 3.63) is 66.9 Å². The van der Waals surface area contributed by atoms with Gasteiger partial charge in [-0.2, -0.15) is 0 Å². The van der Waals surface area contributed by atoms with Crippen molar-refractivity contribution in [1.82, 2.24) is 14.5 Å². The Balaban J connectivity index is 1.55. The van der Waals surface area contributed by atoms with Crippen LogP contribution in [-0.4, -0.2) is 23.0 Å². The molecule has 1 fully saturated rings. The molecule has 2 aromatic carbocycles. The van der Waals surface area contributed by atoms with Crippen LogP contribution in [0.1, 0.15) is 31.7 Å². The summed E-state index contributed by atoms with van der Waals surface area (Å²) >= 11 is 0. The average molecular weight is 452 g/mol. The van der Waals surface area contributed by atoms with Gasteiger partial charge in [0.05, 0.1) is 16.0 Å². The minimum atomic E-state index is -3.90. The van der Waals surface area contributed by atoms with Gasteiger partial charge in [0.2, 0.25) is 0 Å². The van der Waals surface area contributed by atoms with Crippen LogP contribution in [0.3, 0.4) is 0 Å². The zero-order valence-electron chi connectivity index (χ0n) is 17.2. The molecule has 32 heavy (non-hydrogen) atoms. The molecule has 0 aliphatic heterocycles. The molecule has 1 saturated carbocycles. The molecule has 9 heteroatoms. The Hall–Kier alpha value is -3.46. The Labute approximate surface area is 185 Å². The third-order valence-electron chi connectivity index (χ3n) is 5.93. The zero-order chi connectivity index (χ0) is 22.3. The Kier molecular flexibility index (Phi) is 5.05. The molecule has 7 nitrogen and oxygen atoms in total. The maximum absolute atomic E-state index is 15.0. The number of halogens is 1. The van der Waals surface area contributed by atoms with Crippen molar-refractivity contribution < 1.29 is 12.8 Å². The number of hydrogen-bond acceptors (Lipinski definition) is 5. The van der Waals surface area contributed by atoms with Crippen LogP contribution in [0.2, 0.25) is 0 Å². The van der Waals surface area contributed by atoms with E-state index in [1.165, 1.54) is 30.6 Å². The molecule has 0 atom stereocenters. The van der Waals surface area contributed by atoms with Gasteiger partial charge >= 0.3 is 0 Å². The topological polar surface area (TPSA) is 103 Å². The average Bonchev–Trinajstić information content (AvgIpc) is 3.44. The lowest BCUT2D eigenvalue weighted by atomic mass is 10.1. The summed E-state index contributed by atoms with van der Waals surface area (Å²) in [6.07, 6.45) is 7.82. The van der Waals surface area contributed by atoms with Gasteiger partial charge in [-0.25, -0.2) is 22.8 Å². The number of hydrogen-bond donors (Lipinski definition) is 2. The summed E-state index contributed by atoms with van der Waals surface area (Å²) < 4.78 is 44.6. The normalized spacial score (nSPS) is 14.8. The van der Waals surface area contributed by atoms with Gasteiger partial charge in [-0.05, 0) is 42.7 Å². The lowest BCUT2D eigenvalue weighted by molar-refractivity contribution is 0.532. The molecule has 164 valence electrons. The molecular weight excluding hydrogens is 429 g/mol. The van der Waals surface area contributed by atoms with Crippen LogP contribution in [-0.2, 0) is 10.0 Å². The monoisotopic (exact) mass is 451 g/mol. The number of nitrogens with two attached hydrogens (primary N) is 1. The van der Waals surface area contributed by atoms with Crippen molar-refractivity contribution in [2.75, 3.05) is 10.5 Å². The highest BCUT2D eigenvalue weighted by Crippen LogP contribution is 2.39. The van der Waals surface area contributed by atoms with E-state index in [9.17, 15) is 12.8 Å². The number of nitrogen functional groups attached to an aromatic ring is 1. The van der Waals surface area contributed by atoms with Crippen LogP contribution in [0.5, 0.6) is 0 Å². The summed E-state index contributed by atoms with van der Waals surface area (Å²) in [4.78, 5) is 8.63. The number of anilines is 2. The molecule has 4 aromatic rings. The summed E-state index contributed by atoms with van der Waals surface area (Å²) in [7, 11) is -3.90. The van der Waals surface area contributed by atoms with Gasteiger partial charge in [-0.15, -0.1) is 0 Å². The minimum absolute atomic E-state index is 0.0630. The van der Waals surface area contributed by atoms with Gasteiger partial charge < -0.3 is 10.3 Å². The Morgan fingerprint density at radius 2 is 1.81 bits per heavy atom. The zero-order valence-corrected chi connectivity index (χ0v) is 18.0. The Bertz CT molecular complexity index is 1400. The first-order valence-corrected chi connectivity index (χ1v) is 11.9. The Morgan fingerprint density at radius 3 is 2.53 bits per heavy atom. The number of benzene rings is 2. The molecule has 2 aromatic heterocycles. The quantitative estimate of drug-likeness (QED) is 0.456. The summed E-state index contributed by atoms with van der Waals surface area (Å²) in [6.45, 7) is 0. The lowest BCUT2D eigenvalue weighted by Gasteiger charge is -2.12. The third kappa shape index (κ3) is 3.58. The maximum Gasteiger partial charge on any atom is 0.261 e. The van der Waals surface area contributed by atoms with Crippen LogP contribution in [0, 0.1) is 5.82 Å². The largest absolute Gasteiger partial charge is 0.383 e. The summed E-state index contributed by atoms with van der Waals surface area (Å²) in [5, 5.41) is 0.677. The van der Waals surface area contributed by atoms with Crippen molar-refractivity contribution in [1.29, 1.82) is 0 Å². The lowest BCUT2D eigenvalue weighted by Crippen LogP contribution is -2.13. The Morgan fingerprint density at radius 1 is 1.06 bits per heavy atom. The molecule has 1 aliphatic rings. The second-order valence-electron chi connectivity index (χ2n) is 7.96. The van der Waals surface area contributed by atoms with E-state index in [0.29, 0.717) is 22.8 Å². The van der Waals surface area contributed by atoms with E-state index in [0.717, 1.165) is 36.9 Å². The van der Waals surface area contributed by atoms with Crippen molar-refractivity contribution in [3.63, 3.8) is 0 Å². The van der Waals surface area contributed by atoms with E-state index >= 15 is 0 Å². The van der Waals surface area contributed by atoms with Crippen LogP contribution in [0.25, 0.3) is 22.2 Å². The van der Waals surface area contributed by atoms with E-state index in [1.54, 1.807) is 24.3 Å². The first kappa shape index (κ1) is 20.4. The predicted molar refractivity (Wildman–Crippen MR) is 122 cm³/mol. The molecule has 0 saturated heterocycles. The number of rotatable bonds is 5. The first-order chi connectivity index (χ1) is 15.4. The van der Waals surface area contributed by atoms with Gasteiger partial charge in [0.1, 0.15) is 23.6 Å². The van der Waals surface area contributed by atoms with E-state index in [2.05, 4.69) is 19.3 Å². The van der Waals surface area contributed by atoms with Crippen LogP contribution >= 0.6 is 0 Å². The van der Waals surface area contributed by atoms with Crippen LogP contribution < -0.4 is 10.5 Å². The molecule has 2 heterocycles. The van der Waals surface area contributed by atoms with Gasteiger partial charge in [0.15, 0.2) is 0 Å². The highest BCUT2D eigenvalue weighted by molar-refractivity contribution is 7.92. The second kappa shape index (κ2) is 7.90. The molecule has 0 radical (unpaired) electrons. The van der Waals surface area contributed by atoms with Crippen LogP contribution in [0.15, 0.2) is 66.0 Å². The third-order valence-corrected chi connectivity index (χ3v) is 7.32. The van der Waals surface area contributed by atoms with Crippen molar-refractivity contribution in [3.8, 4) is 11.1 Å². The molecule has 5 rings (SSSR count). The summed E-state index contributed by atoms with van der Waals surface area (Å²) in [6, 6.07) is 12.6. The van der Waals surface area contributed by atoms with Crippen molar-refractivity contribution in [2.45, 2.75) is 36.6 Å². The predicted octanol–water partition coefficient (Wildman–Crippen LogP) is 4.74. The fourth-order valence-corrected chi connectivity index (χ4v) is 5.45. The van der Waals surface area contributed by atoms with E-state index in [1.807, 2.05) is 6.20 Å². The molecular formula is C23H22FN5O2S. The SMILES string of the molecule is Nc1ncnc2c1c(-c1ccc(NS(=O)(=O)c3ccccc3)c(F)c1)cn2C1CCCC1. The smallest absolute Gasteiger partial charge is 0.261 e. The number of sulfonamides is 1. The number of nitrogens with zero attached hydrogens (tertiary/aromatic N) is 3. The molecule has 0 amide bonds. The van der Waals surface area contributed by atoms with Crippen molar-refractivity contribution in [2.24, 2.45) is 0 Å². The number of nitrogens with one attached hydrogen (secondary N) is 1. The van der Waals surface area contributed by atoms with E-state index < -0.39 is 15.8 Å².